The average molecular weight is 1100 g/mol. The van der Waals surface area contributed by atoms with Crippen molar-refractivity contribution in [2.45, 2.75) is 248 Å². The molecule has 0 aliphatic carbocycles. The molecular weight excluding hydrogens is 979 g/mol. The van der Waals surface area contributed by atoms with Crippen LogP contribution in [0.3, 0.4) is 0 Å². The number of nitrogens with two attached hydrogens (primary N) is 9. The molecule has 0 fully saturated rings. The lowest BCUT2D eigenvalue weighted by Crippen LogP contribution is -2.38. The van der Waals surface area contributed by atoms with Crippen LogP contribution >= 0.6 is 0 Å². The molecule has 460 valence electrons. The topological polar surface area (TPSA) is 506 Å². The van der Waals surface area contributed by atoms with Crippen LogP contribution in [-0.4, -0.2) is 115 Å². The van der Waals surface area contributed by atoms with Crippen LogP contribution < -0.4 is 51.6 Å². The number of aliphatic carboxylic acids is 5. The number of Topliss-reactive ketones (excluding diaryl/α,β-unsaturated/α-hetero) is 1. The van der Waals surface area contributed by atoms with E-state index in [2.05, 4.69) is 0 Å². The summed E-state index contributed by atoms with van der Waals surface area (Å²) in [6.07, 6.45) is 1.15. The van der Waals surface area contributed by atoms with Gasteiger partial charge in [-0.25, -0.2) is 0 Å². The number of rotatable bonds is 21. The van der Waals surface area contributed by atoms with E-state index in [4.69, 9.17) is 77.1 Å². The molecule has 0 radical (unpaired) electrons. The lowest BCUT2D eigenvalue weighted by molar-refractivity contribution is -0.141. The Morgan fingerprint density at radius 3 is 0.693 bits per heavy atom. The van der Waals surface area contributed by atoms with Crippen LogP contribution in [0.25, 0.3) is 0 Å². The van der Waals surface area contributed by atoms with Crippen LogP contribution in [0.2, 0.25) is 0 Å². The van der Waals surface area contributed by atoms with Gasteiger partial charge in [0.1, 0.15) is 36.0 Å². The van der Waals surface area contributed by atoms with Crippen LogP contribution in [0.5, 0.6) is 0 Å². The van der Waals surface area contributed by atoms with E-state index in [1.54, 1.807) is 34.6 Å². The molecule has 4 amide bonds. The van der Waals surface area contributed by atoms with Crippen molar-refractivity contribution in [2.75, 3.05) is 0 Å². The van der Waals surface area contributed by atoms with Gasteiger partial charge in [-0.05, 0) is 31.1 Å². The minimum absolute atomic E-state index is 0.00741. The number of carbonyl (C=O) groups excluding carboxylic acids is 5. The monoisotopic (exact) mass is 1100 g/mol. The van der Waals surface area contributed by atoms with Gasteiger partial charge < -0.3 is 77.1 Å². The summed E-state index contributed by atoms with van der Waals surface area (Å²) in [7, 11) is 0. The number of hydrogen-bond donors (Lipinski definition) is 14. The van der Waals surface area contributed by atoms with Crippen molar-refractivity contribution in [1.82, 2.24) is 0 Å². The number of hydrogen-bond acceptors (Lipinski definition) is 15. The summed E-state index contributed by atoms with van der Waals surface area (Å²) in [6.45, 7) is 48.0. The summed E-state index contributed by atoms with van der Waals surface area (Å²) in [5, 5.41) is 41.8. The van der Waals surface area contributed by atoms with Crippen molar-refractivity contribution in [3.63, 3.8) is 0 Å². The van der Waals surface area contributed by atoms with Gasteiger partial charge in [-0.15, -0.1) is 0 Å². The van der Waals surface area contributed by atoms with Gasteiger partial charge >= 0.3 is 29.8 Å². The molecule has 24 nitrogen and oxygen atoms in total. The number of carboxylic acids is 5. The standard InChI is InChI=1S/C7H13NO3.4C6H12N2O3.10C2H6/c1-2-5(9)3-4-6(8)7(10)11;2*1-3(2-4(7)9)5(8)6(10)11;2*1-3(5(8)9)2-4(7)6(10)11;10*1-2/h6H,2-4,8H2,1H3,(H,10,11);2*3,5H,2,8H2,1H3,(H2,7,9)(H,10,11);2*3-4H,2,7H2,1H3,(H2,8,9)(H,10,11);10*1-2H3. The maximum Gasteiger partial charge on any atom is 0.320 e. The zero-order valence-corrected chi connectivity index (χ0v) is 51.7. The van der Waals surface area contributed by atoms with Gasteiger partial charge in [-0.1, -0.05) is 173 Å². The van der Waals surface area contributed by atoms with E-state index in [-0.39, 0.29) is 44.3 Å². The summed E-state index contributed by atoms with van der Waals surface area (Å²) in [6, 6.07) is -4.93. The summed E-state index contributed by atoms with van der Waals surface area (Å²) in [5.41, 5.74) is 45.3. The van der Waals surface area contributed by atoms with Crippen LogP contribution in [0.1, 0.15) is 218 Å². The van der Waals surface area contributed by atoms with Crippen LogP contribution in [0, 0.1) is 23.7 Å². The normalized spacial score (nSPS) is 11.7. The van der Waals surface area contributed by atoms with Gasteiger partial charge in [0.2, 0.25) is 23.6 Å². The van der Waals surface area contributed by atoms with Crippen molar-refractivity contribution >= 4 is 59.3 Å². The second-order valence-electron chi connectivity index (χ2n) is 12.4. The molecule has 0 aromatic rings. The van der Waals surface area contributed by atoms with Crippen molar-refractivity contribution in [1.29, 1.82) is 0 Å². The molecular formula is C51H121N9O15. The minimum atomic E-state index is -1.11. The lowest BCUT2D eigenvalue weighted by atomic mass is 9.99. The third kappa shape index (κ3) is 106. The van der Waals surface area contributed by atoms with E-state index in [0.717, 1.165) is 0 Å². The summed E-state index contributed by atoms with van der Waals surface area (Å²) in [4.78, 5) is 103. The van der Waals surface area contributed by atoms with Crippen molar-refractivity contribution < 1.29 is 73.5 Å². The zero-order chi connectivity index (χ0) is 64.9. The van der Waals surface area contributed by atoms with E-state index < -0.39 is 107 Å². The van der Waals surface area contributed by atoms with Crippen molar-refractivity contribution in [3.05, 3.63) is 0 Å². The highest BCUT2D eigenvalue weighted by atomic mass is 16.4. The highest BCUT2D eigenvalue weighted by molar-refractivity contribution is 5.81. The second-order valence-corrected chi connectivity index (χ2v) is 12.4. The lowest BCUT2D eigenvalue weighted by Gasteiger charge is -2.12. The van der Waals surface area contributed by atoms with Crippen LogP contribution in [0.4, 0.5) is 0 Å². The van der Waals surface area contributed by atoms with Crippen molar-refractivity contribution in [2.24, 2.45) is 75.3 Å². The number of primary amides is 4. The van der Waals surface area contributed by atoms with E-state index in [0.29, 0.717) is 6.42 Å². The van der Waals surface area contributed by atoms with Gasteiger partial charge in [0, 0.05) is 37.5 Å². The maximum absolute atomic E-state index is 10.7. The fourth-order valence-electron chi connectivity index (χ4n) is 3.19. The molecule has 24 heteroatoms. The molecule has 0 aromatic heterocycles. The molecule has 0 saturated carbocycles. The summed E-state index contributed by atoms with van der Waals surface area (Å²) >= 11 is 0. The molecule has 9 atom stereocenters. The molecule has 0 aliphatic heterocycles. The first-order valence-corrected chi connectivity index (χ1v) is 26.5. The molecule has 0 heterocycles. The Bertz CT molecular complexity index is 1170. The van der Waals surface area contributed by atoms with E-state index in [1.165, 1.54) is 0 Å². The number of carbonyl (C=O) groups is 10. The molecule has 0 aliphatic rings. The third-order valence-electron chi connectivity index (χ3n) is 7.11. The second kappa shape index (κ2) is 91.4. The highest BCUT2D eigenvalue weighted by Gasteiger charge is 2.22. The van der Waals surface area contributed by atoms with E-state index in [9.17, 15) is 47.9 Å². The minimum Gasteiger partial charge on any atom is -0.480 e. The predicted octanol–water partition coefficient (Wildman–Crippen LogP) is 6.06. The fraction of sp³-hybridized carbons (Fsp3) is 0.804. The quantitative estimate of drug-likeness (QED) is 0.0621. The Morgan fingerprint density at radius 2 is 0.560 bits per heavy atom. The molecule has 75 heavy (non-hydrogen) atoms. The van der Waals surface area contributed by atoms with Crippen LogP contribution in [0.15, 0.2) is 0 Å². The van der Waals surface area contributed by atoms with Crippen LogP contribution in [-0.2, 0) is 47.9 Å². The fourth-order valence-corrected chi connectivity index (χ4v) is 3.19. The number of carboxylic acid groups (broad SMARTS) is 5. The van der Waals surface area contributed by atoms with Gasteiger partial charge in [0.15, 0.2) is 0 Å². The smallest absolute Gasteiger partial charge is 0.320 e. The third-order valence-corrected chi connectivity index (χ3v) is 7.11. The molecule has 0 rings (SSSR count). The van der Waals surface area contributed by atoms with E-state index in [1.807, 2.05) is 138 Å². The molecule has 0 spiro atoms. The van der Waals surface area contributed by atoms with Gasteiger partial charge in [-0.2, -0.15) is 0 Å². The zero-order valence-electron chi connectivity index (χ0n) is 51.7. The van der Waals surface area contributed by atoms with E-state index >= 15 is 0 Å². The predicted molar refractivity (Wildman–Crippen MR) is 308 cm³/mol. The van der Waals surface area contributed by atoms with Gasteiger partial charge in [0.25, 0.3) is 0 Å². The Labute approximate surface area is 455 Å². The first-order chi connectivity index (χ1) is 34.9. The largest absolute Gasteiger partial charge is 0.480 e. The summed E-state index contributed by atoms with van der Waals surface area (Å²) in [5.74, 6) is -9.35. The highest BCUT2D eigenvalue weighted by Crippen LogP contribution is 2.06. The Hall–Kier alpha value is -5.30. The Morgan fingerprint density at radius 1 is 0.360 bits per heavy atom. The van der Waals surface area contributed by atoms with Gasteiger partial charge in [-0.3, -0.25) is 47.9 Å². The molecule has 23 N–H and O–H groups in total. The SMILES string of the molecule is CC.CC.CC.CC.CC.CC.CC.CC.CC.CC.CC(CC(N)=O)C(N)C(=O)O.CC(CC(N)=O)C(N)C(=O)O.CC(CC(N)C(=O)O)C(N)=O.CC(CC(N)C(=O)O)C(N)=O.CCC(=O)CCC(N)C(=O)O. The molecule has 0 saturated heterocycles. The molecule has 9 unspecified atom stereocenters. The first-order valence-electron chi connectivity index (χ1n) is 26.5. The van der Waals surface area contributed by atoms with Crippen molar-refractivity contribution in [3.8, 4) is 0 Å². The Balaban J connectivity index is -0.0000000424. The average Bonchev–Trinajstić information content (AvgIpc) is 3.40. The first kappa shape index (κ1) is 110. The maximum atomic E-state index is 10.7. The summed E-state index contributed by atoms with van der Waals surface area (Å²) < 4.78 is 0. The number of amides is 4. The van der Waals surface area contributed by atoms with Gasteiger partial charge in [0.05, 0.1) is 0 Å². The number of ketones is 1. The molecule has 0 bridgehead atoms. The Kier molecular flexibility index (Phi) is 134. The molecule has 0 aromatic carbocycles.